The van der Waals surface area contributed by atoms with Crippen molar-refractivity contribution in [1.82, 2.24) is 14.7 Å². The minimum absolute atomic E-state index is 0.0408. The molecule has 2 rings (SSSR count). The molecule has 3 amide bonds. The Labute approximate surface area is 140 Å². The molecule has 0 bridgehead atoms. The van der Waals surface area contributed by atoms with E-state index in [1.165, 1.54) is 18.3 Å². The third-order valence-electron chi connectivity index (χ3n) is 4.02. The molecule has 6 nitrogen and oxygen atoms in total. The lowest BCUT2D eigenvalue weighted by molar-refractivity contribution is 0.0245. The first-order chi connectivity index (χ1) is 10.6. The number of amides is 3. The van der Waals surface area contributed by atoms with Gasteiger partial charge >= 0.3 is 6.03 Å². The van der Waals surface area contributed by atoms with Crippen molar-refractivity contribution in [3.05, 3.63) is 21.9 Å². The lowest BCUT2D eigenvalue weighted by Gasteiger charge is -2.47. The average molecular weight is 337 g/mol. The van der Waals surface area contributed by atoms with Gasteiger partial charge in [-0.15, -0.1) is 11.3 Å². The fourth-order valence-corrected chi connectivity index (χ4v) is 3.64. The summed E-state index contributed by atoms with van der Waals surface area (Å²) in [5.74, 6) is -0.120. The Balaban J connectivity index is 2.15. The maximum atomic E-state index is 12.8. The van der Waals surface area contributed by atoms with Gasteiger partial charge < -0.3 is 14.7 Å². The predicted molar refractivity (Wildman–Crippen MR) is 90.1 cm³/mol. The van der Waals surface area contributed by atoms with Crippen molar-refractivity contribution >= 4 is 29.1 Å². The molecule has 23 heavy (non-hydrogen) atoms. The van der Waals surface area contributed by atoms with E-state index in [9.17, 15) is 14.4 Å². The van der Waals surface area contributed by atoms with E-state index < -0.39 is 5.54 Å². The minimum Gasteiger partial charge on any atom is -0.331 e. The van der Waals surface area contributed by atoms with Crippen LogP contribution in [-0.4, -0.2) is 71.7 Å². The number of rotatable bonds is 2. The van der Waals surface area contributed by atoms with Crippen LogP contribution < -0.4 is 0 Å². The number of hydrogen-bond acceptors (Lipinski definition) is 4. The van der Waals surface area contributed by atoms with Crippen molar-refractivity contribution in [1.29, 1.82) is 0 Å². The van der Waals surface area contributed by atoms with E-state index in [1.807, 2.05) is 13.8 Å². The normalized spacial score (nSPS) is 17.1. The SMILES string of the molecule is CC(=O)c1csc(C(=O)N2CCN(C(=O)N(C)C)CC2(C)C)c1. The summed E-state index contributed by atoms with van der Waals surface area (Å²) in [6, 6.07) is 1.61. The van der Waals surface area contributed by atoms with E-state index in [0.29, 0.717) is 30.1 Å². The third-order valence-corrected chi connectivity index (χ3v) is 4.94. The second-order valence-corrected chi connectivity index (χ2v) is 7.53. The Morgan fingerprint density at radius 3 is 2.35 bits per heavy atom. The number of hydrogen-bond donors (Lipinski definition) is 0. The second-order valence-electron chi connectivity index (χ2n) is 6.62. The predicted octanol–water partition coefficient (Wildman–Crippen LogP) is 2.17. The van der Waals surface area contributed by atoms with Crippen LogP contribution >= 0.6 is 11.3 Å². The summed E-state index contributed by atoms with van der Waals surface area (Å²) >= 11 is 1.29. The van der Waals surface area contributed by atoms with E-state index in [1.54, 1.807) is 40.2 Å². The summed E-state index contributed by atoms with van der Waals surface area (Å²) in [7, 11) is 3.45. The molecule has 0 unspecified atom stereocenters. The molecule has 0 aromatic carbocycles. The molecule has 0 radical (unpaired) electrons. The van der Waals surface area contributed by atoms with Crippen LogP contribution in [0.3, 0.4) is 0 Å². The number of nitrogens with zero attached hydrogens (tertiary/aromatic N) is 3. The maximum Gasteiger partial charge on any atom is 0.319 e. The van der Waals surface area contributed by atoms with Gasteiger partial charge in [-0.2, -0.15) is 0 Å². The second kappa shape index (κ2) is 6.31. The van der Waals surface area contributed by atoms with Gasteiger partial charge in [-0.05, 0) is 26.8 Å². The standard InChI is InChI=1S/C16H23N3O3S/c1-11(20)12-8-13(23-9-12)14(21)19-7-6-18(10-16(19,2)3)15(22)17(4)5/h8-9H,6-7,10H2,1-5H3. The third kappa shape index (κ3) is 3.55. The Kier molecular flexibility index (Phi) is 4.79. The zero-order chi connectivity index (χ0) is 17.4. The van der Waals surface area contributed by atoms with Gasteiger partial charge in [0.1, 0.15) is 0 Å². The lowest BCUT2D eigenvalue weighted by atomic mass is 9.98. The molecule has 1 aromatic rings. The Morgan fingerprint density at radius 2 is 1.87 bits per heavy atom. The Hall–Kier alpha value is -1.89. The van der Waals surface area contributed by atoms with Crippen LogP contribution in [0.4, 0.5) is 4.79 Å². The highest BCUT2D eigenvalue weighted by atomic mass is 32.1. The highest BCUT2D eigenvalue weighted by Crippen LogP contribution is 2.26. The quantitative estimate of drug-likeness (QED) is 0.777. The first kappa shape index (κ1) is 17.5. The van der Waals surface area contributed by atoms with E-state index in [0.717, 1.165) is 0 Å². The van der Waals surface area contributed by atoms with E-state index >= 15 is 0 Å². The molecule has 0 spiro atoms. The van der Waals surface area contributed by atoms with Crippen molar-refractivity contribution in [3.8, 4) is 0 Å². The molecule has 1 aliphatic heterocycles. The molecule has 0 N–H and O–H groups in total. The summed E-state index contributed by atoms with van der Waals surface area (Å²) in [5, 5.41) is 1.72. The summed E-state index contributed by atoms with van der Waals surface area (Å²) in [4.78, 5) is 42.0. The van der Waals surface area contributed by atoms with E-state index in [-0.39, 0.29) is 17.7 Å². The molecule has 1 aromatic heterocycles. The smallest absolute Gasteiger partial charge is 0.319 e. The van der Waals surface area contributed by atoms with Gasteiger partial charge in [0.15, 0.2) is 5.78 Å². The highest BCUT2D eigenvalue weighted by Gasteiger charge is 2.39. The van der Waals surface area contributed by atoms with Gasteiger partial charge in [0.05, 0.1) is 10.4 Å². The van der Waals surface area contributed by atoms with Gasteiger partial charge in [0.2, 0.25) is 0 Å². The molecule has 1 fully saturated rings. The zero-order valence-electron chi connectivity index (χ0n) is 14.3. The number of piperazine rings is 1. The Morgan fingerprint density at radius 1 is 1.22 bits per heavy atom. The topological polar surface area (TPSA) is 60.9 Å². The van der Waals surface area contributed by atoms with Crippen LogP contribution in [0.25, 0.3) is 0 Å². The lowest BCUT2D eigenvalue weighted by Crippen LogP contribution is -2.63. The monoisotopic (exact) mass is 337 g/mol. The first-order valence-electron chi connectivity index (χ1n) is 7.51. The van der Waals surface area contributed by atoms with Crippen molar-refractivity contribution in [2.24, 2.45) is 0 Å². The number of carbonyl (C=O) groups is 3. The van der Waals surface area contributed by atoms with Crippen LogP contribution in [0.1, 0.15) is 40.8 Å². The molecular weight excluding hydrogens is 314 g/mol. The summed E-state index contributed by atoms with van der Waals surface area (Å²) in [6.07, 6.45) is 0. The molecule has 0 aliphatic carbocycles. The fraction of sp³-hybridized carbons (Fsp3) is 0.562. The van der Waals surface area contributed by atoms with Crippen LogP contribution in [0.2, 0.25) is 0 Å². The summed E-state index contributed by atoms with van der Waals surface area (Å²) in [5.41, 5.74) is 0.110. The summed E-state index contributed by atoms with van der Waals surface area (Å²) < 4.78 is 0. The van der Waals surface area contributed by atoms with Crippen LogP contribution in [0.5, 0.6) is 0 Å². The van der Waals surface area contributed by atoms with Gasteiger partial charge in [0.25, 0.3) is 5.91 Å². The molecule has 126 valence electrons. The number of urea groups is 1. The number of ketones is 1. The van der Waals surface area contributed by atoms with Crippen LogP contribution in [-0.2, 0) is 0 Å². The number of Topliss-reactive ketones (excluding diaryl/α,β-unsaturated/α-hetero) is 1. The van der Waals surface area contributed by atoms with Gasteiger partial charge in [-0.25, -0.2) is 4.79 Å². The van der Waals surface area contributed by atoms with Gasteiger partial charge in [0, 0.05) is 44.7 Å². The van der Waals surface area contributed by atoms with Gasteiger partial charge in [-0.1, -0.05) is 0 Å². The molecular formula is C16H23N3O3S. The molecule has 0 saturated carbocycles. The average Bonchev–Trinajstić information content (AvgIpc) is 2.94. The summed E-state index contributed by atoms with van der Waals surface area (Å²) in [6.45, 7) is 6.89. The van der Waals surface area contributed by atoms with E-state index in [4.69, 9.17) is 0 Å². The number of carbonyl (C=O) groups excluding carboxylic acids is 3. The zero-order valence-corrected chi connectivity index (χ0v) is 15.1. The molecule has 7 heteroatoms. The fourth-order valence-electron chi connectivity index (χ4n) is 2.74. The Bertz CT molecular complexity index is 636. The van der Waals surface area contributed by atoms with Crippen molar-refractivity contribution in [2.75, 3.05) is 33.7 Å². The van der Waals surface area contributed by atoms with Crippen LogP contribution in [0, 0.1) is 0 Å². The molecule has 2 heterocycles. The molecule has 1 saturated heterocycles. The van der Waals surface area contributed by atoms with Crippen molar-refractivity contribution in [3.63, 3.8) is 0 Å². The number of thiophene rings is 1. The molecule has 0 atom stereocenters. The first-order valence-corrected chi connectivity index (χ1v) is 8.39. The largest absolute Gasteiger partial charge is 0.331 e. The van der Waals surface area contributed by atoms with Gasteiger partial charge in [-0.3, -0.25) is 9.59 Å². The minimum atomic E-state index is -0.457. The molecule has 1 aliphatic rings. The van der Waals surface area contributed by atoms with Crippen LogP contribution in [0.15, 0.2) is 11.4 Å². The van der Waals surface area contributed by atoms with E-state index in [2.05, 4.69) is 0 Å². The van der Waals surface area contributed by atoms with Crippen molar-refractivity contribution in [2.45, 2.75) is 26.3 Å². The highest BCUT2D eigenvalue weighted by molar-refractivity contribution is 7.12. The van der Waals surface area contributed by atoms with Crippen molar-refractivity contribution < 1.29 is 14.4 Å². The maximum absolute atomic E-state index is 12.8.